The van der Waals surface area contributed by atoms with E-state index in [9.17, 15) is 5.26 Å². The van der Waals surface area contributed by atoms with E-state index in [2.05, 4.69) is 176 Å². The second-order valence-corrected chi connectivity index (χ2v) is 16.8. The Morgan fingerprint density at radius 1 is 0.371 bits per heavy atom. The van der Waals surface area contributed by atoms with Gasteiger partial charge in [0.25, 0.3) is 0 Å². The number of nitrogens with zero attached hydrogens (tertiary/aromatic N) is 3. The first-order valence-electron chi connectivity index (χ1n) is 21.7. The highest BCUT2D eigenvalue weighted by Crippen LogP contribution is 2.58. The summed E-state index contributed by atoms with van der Waals surface area (Å²) in [6.45, 7) is 0. The Balaban J connectivity index is 0.918. The van der Waals surface area contributed by atoms with Crippen LogP contribution in [0.15, 0.2) is 200 Å². The van der Waals surface area contributed by atoms with Crippen LogP contribution in [0.3, 0.4) is 0 Å². The number of rotatable bonds is 7. The maximum atomic E-state index is 9.88. The Morgan fingerprint density at radius 2 is 0.887 bits per heavy atom. The van der Waals surface area contributed by atoms with Crippen molar-refractivity contribution in [3.05, 3.63) is 217 Å². The number of hydrogen-bond donors (Lipinski definition) is 0. The SMILES string of the molecule is N#Cc1ccc2c(c1)-c1c(-c3ccc(-c4cccc(-c5cccc(-c6cc(-c7ccc(-c8ccccc8)cc7)nc(-c7ccccc7)n6)c5)c4)cc3)cccc1C21CCCCC1. The molecule has 0 amide bonds. The lowest BCUT2D eigenvalue weighted by Gasteiger charge is -2.36. The molecule has 294 valence electrons. The molecular formula is C59H43N3. The largest absolute Gasteiger partial charge is 0.228 e. The Kier molecular flexibility index (Phi) is 9.48. The monoisotopic (exact) mass is 793 g/mol. The minimum absolute atomic E-state index is 0.0413. The summed E-state index contributed by atoms with van der Waals surface area (Å²) in [5.74, 6) is 0.700. The summed E-state index contributed by atoms with van der Waals surface area (Å²) >= 11 is 0. The fraction of sp³-hybridized carbons (Fsp3) is 0.102. The van der Waals surface area contributed by atoms with Gasteiger partial charge < -0.3 is 0 Å². The van der Waals surface area contributed by atoms with Gasteiger partial charge in [-0.1, -0.05) is 189 Å². The molecule has 0 N–H and O–H groups in total. The summed E-state index contributed by atoms with van der Waals surface area (Å²) in [5.41, 5.74) is 20.4. The number of hydrogen-bond acceptors (Lipinski definition) is 3. The first-order valence-corrected chi connectivity index (χ1v) is 21.7. The Labute approximate surface area is 363 Å². The number of fused-ring (bicyclic) bond motifs is 5. The molecule has 1 aromatic heterocycles. The zero-order valence-corrected chi connectivity index (χ0v) is 34.4. The smallest absolute Gasteiger partial charge is 0.160 e. The minimum Gasteiger partial charge on any atom is -0.228 e. The molecule has 1 spiro atoms. The molecule has 0 atom stereocenters. The Hall–Kier alpha value is -7.67. The van der Waals surface area contributed by atoms with E-state index in [-0.39, 0.29) is 5.41 Å². The van der Waals surface area contributed by atoms with Gasteiger partial charge >= 0.3 is 0 Å². The van der Waals surface area contributed by atoms with Crippen LogP contribution in [-0.2, 0) is 5.41 Å². The van der Waals surface area contributed by atoms with Gasteiger partial charge in [-0.2, -0.15) is 5.26 Å². The topological polar surface area (TPSA) is 49.6 Å². The van der Waals surface area contributed by atoms with Gasteiger partial charge in [-0.15, -0.1) is 0 Å². The molecule has 0 radical (unpaired) electrons. The lowest BCUT2D eigenvalue weighted by atomic mass is 9.67. The average molecular weight is 794 g/mol. The predicted molar refractivity (Wildman–Crippen MR) is 254 cm³/mol. The number of aromatic nitrogens is 2. The zero-order chi connectivity index (χ0) is 41.5. The lowest BCUT2D eigenvalue weighted by Crippen LogP contribution is -2.28. The normalized spacial score (nSPS) is 13.6. The minimum atomic E-state index is 0.0413. The van der Waals surface area contributed by atoms with Crippen molar-refractivity contribution in [3.8, 4) is 95.6 Å². The van der Waals surface area contributed by atoms with Gasteiger partial charge in [0.05, 0.1) is 23.0 Å². The molecule has 11 rings (SSSR count). The maximum absolute atomic E-state index is 9.88. The van der Waals surface area contributed by atoms with Crippen molar-refractivity contribution in [1.29, 1.82) is 5.26 Å². The van der Waals surface area contributed by atoms with Crippen LogP contribution in [0.4, 0.5) is 0 Å². The summed E-state index contributed by atoms with van der Waals surface area (Å²) in [6.07, 6.45) is 6.10. The van der Waals surface area contributed by atoms with Crippen LogP contribution in [-0.4, -0.2) is 9.97 Å². The molecule has 2 aliphatic rings. The molecule has 0 unspecified atom stereocenters. The van der Waals surface area contributed by atoms with Gasteiger partial charge in [0.1, 0.15) is 0 Å². The van der Waals surface area contributed by atoms with Crippen LogP contribution >= 0.6 is 0 Å². The Bertz CT molecular complexity index is 3140. The summed E-state index contributed by atoms with van der Waals surface area (Å²) in [4.78, 5) is 10.2. The summed E-state index contributed by atoms with van der Waals surface area (Å²) < 4.78 is 0. The number of nitriles is 1. The molecular weight excluding hydrogens is 751 g/mol. The van der Waals surface area contributed by atoms with E-state index in [4.69, 9.17) is 9.97 Å². The van der Waals surface area contributed by atoms with Crippen molar-refractivity contribution >= 4 is 0 Å². The Morgan fingerprint density at radius 3 is 1.56 bits per heavy atom. The molecule has 3 nitrogen and oxygen atoms in total. The second-order valence-electron chi connectivity index (χ2n) is 16.8. The van der Waals surface area contributed by atoms with Gasteiger partial charge in [0.15, 0.2) is 5.82 Å². The highest BCUT2D eigenvalue weighted by atomic mass is 14.9. The third-order valence-electron chi connectivity index (χ3n) is 13.2. The van der Waals surface area contributed by atoms with Gasteiger partial charge in [-0.25, -0.2) is 9.97 Å². The van der Waals surface area contributed by atoms with Crippen molar-refractivity contribution in [3.63, 3.8) is 0 Å². The highest BCUT2D eigenvalue weighted by molar-refractivity contribution is 5.93. The molecule has 62 heavy (non-hydrogen) atoms. The molecule has 1 heterocycles. The zero-order valence-electron chi connectivity index (χ0n) is 34.4. The predicted octanol–water partition coefficient (Wildman–Crippen LogP) is 15.2. The molecule has 3 heteroatoms. The molecule has 1 saturated carbocycles. The van der Waals surface area contributed by atoms with E-state index < -0.39 is 0 Å². The van der Waals surface area contributed by atoms with Gasteiger partial charge in [0.2, 0.25) is 0 Å². The van der Waals surface area contributed by atoms with E-state index in [1.807, 2.05) is 30.3 Å². The van der Waals surface area contributed by atoms with Crippen molar-refractivity contribution in [2.45, 2.75) is 37.5 Å². The van der Waals surface area contributed by atoms with E-state index in [0.717, 1.165) is 50.3 Å². The third kappa shape index (κ3) is 6.71. The molecule has 8 aromatic carbocycles. The van der Waals surface area contributed by atoms with E-state index in [1.165, 1.54) is 82.2 Å². The van der Waals surface area contributed by atoms with Crippen LogP contribution < -0.4 is 0 Å². The van der Waals surface area contributed by atoms with Crippen LogP contribution in [0.5, 0.6) is 0 Å². The molecule has 0 bridgehead atoms. The molecule has 0 aliphatic heterocycles. The summed E-state index contributed by atoms with van der Waals surface area (Å²) in [5, 5.41) is 9.88. The van der Waals surface area contributed by atoms with Crippen molar-refractivity contribution in [2.24, 2.45) is 0 Å². The van der Waals surface area contributed by atoms with Gasteiger partial charge in [0, 0.05) is 22.1 Å². The van der Waals surface area contributed by atoms with Crippen LogP contribution in [0.2, 0.25) is 0 Å². The van der Waals surface area contributed by atoms with Crippen molar-refractivity contribution < 1.29 is 0 Å². The fourth-order valence-electron chi connectivity index (χ4n) is 10.1. The van der Waals surface area contributed by atoms with Gasteiger partial charge in [-0.05, 0) is 110 Å². The average Bonchev–Trinajstić information content (AvgIpc) is 3.62. The summed E-state index contributed by atoms with van der Waals surface area (Å²) in [7, 11) is 0. The lowest BCUT2D eigenvalue weighted by molar-refractivity contribution is 0.353. The second kappa shape index (κ2) is 15.7. The van der Waals surface area contributed by atoms with E-state index >= 15 is 0 Å². The highest BCUT2D eigenvalue weighted by Gasteiger charge is 2.44. The molecule has 2 aliphatic carbocycles. The van der Waals surface area contributed by atoms with E-state index in [0.29, 0.717) is 5.82 Å². The maximum Gasteiger partial charge on any atom is 0.160 e. The standard InChI is InChI=1S/C59H43N3/c60-39-40-23-32-53-52(35-40)57-51(21-12-22-54(57)59(53)33-8-3-9-34-59)44-28-24-43(25-29-44)47-17-10-18-48(36-47)49-19-11-20-50(37-49)56-38-55(61-58(62-56)46-15-6-2-7-16-46)45-30-26-42(27-31-45)41-13-4-1-5-14-41/h1-2,4-7,10-32,35-38H,3,8-9,33-34H2. The van der Waals surface area contributed by atoms with Gasteiger partial charge in [-0.3, -0.25) is 0 Å². The first kappa shape index (κ1) is 37.3. The van der Waals surface area contributed by atoms with E-state index in [1.54, 1.807) is 0 Å². The van der Waals surface area contributed by atoms with Crippen molar-refractivity contribution in [2.75, 3.05) is 0 Å². The fourth-order valence-corrected chi connectivity index (χ4v) is 10.1. The molecule has 9 aromatic rings. The van der Waals surface area contributed by atoms with Crippen LogP contribution in [0.1, 0.15) is 48.8 Å². The quantitative estimate of drug-likeness (QED) is 0.161. The summed E-state index contributed by atoms with van der Waals surface area (Å²) in [6, 6.07) is 73.6. The van der Waals surface area contributed by atoms with Crippen LogP contribution in [0, 0.1) is 11.3 Å². The molecule has 0 saturated heterocycles. The third-order valence-corrected chi connectivity index (χ3v) is 13.2. The number of benzene rings is 8. The van der Waals surface area contributed by atoms with Crippen molar-refractivity contribution in [1.82, 2.24) is 9.97 Å². The molecule has 1 fully saturated rings. The van der Waals surface area contributed by atoms with Crippen LogP contribution in [0.25, 0.3) is 89.5 Å². The first-order chi connectivity index (χ1) is 30.6.